The third kappa shape index (κ3) is 4.71. The maximum atomic E-state index is 11.7. The van der Waals surface area contributed by atoms with E-state index in [1.165, 1.54) is 0 Å². The number of hydrogen-bond acceptors (Lipinski definition) is 3. The van der Waals surface area contributed by atoms with Gasteiger partial charge in [0.05, 0.1) is 12.6 Å². The van der Waals surface area contributed by atoms with Crippen LogP contribution in [0.2, 0.25) is 0 Å². The minimum absolute atomic E-state index is 0.00216. The van der Waals surface area contributed by atoms with Gasteiger partial charge in [-0.05, 0) is 24.8 Å². The van der Waals surface area contributed by atoms with Crippen LogP contribution in [0.4, 0.5) is 0 Å². The Morgan fingerprint density at radius 3 is 2.58 bits per heavy atom. The van der Waals surface area contributed by atoms with Crippen LogP contribution in [0.25, 0.3) is 0 Å². The number of amides is 2. The molecule has 4 N–H and O–H groups in total. The van der Waals surface area contributed by atoms with E-state index in [1.807, 2.05) is 30.3 Å². The van der Waals surface area contributed by atoms with Gasteiger partial charge in [-0.3, -0.25) is 9.59 Å². The quantitative estimate of drug-likeness (QED) is 0.671. The summed E-state index contributed by atoms with van der Waals surface area (Å²) in [7, 11) is 0. The SMILES string of the molecule is N[C@@H](Cc1ccccc1)C(=O)NCC(=O)NC1CC1. The normalized spacial score (nSPS) is 15.6. The third-order valence-corrected chi connectivity index (χ3v) is 3.00. The Kier molecular flexibility index (Phi) is 4.52. The maximum Gasteiger partial charge on any atom is 0.239 e. The van der Waals surface area contributed by atoms with E-state index in [4.69, 9.17) is 5.73 Å². The lowest BCUT2D eigenvalue weighted by molar-refractivity contribution is -0.126. The van der Waals surface area contributed by atoms with Gasteiger partial charge in [-0.2, -0.15) is 0 Å². The number of rotatable bonds is 6. The Balaban J connectivity index is 1.71. The summed E-state index contributed by atoms with van der Waals surface area (Å²) in [6.45, 7) is -0.00216. The van der Waals surface area contributed by atoms with Gasteiger partial charge in [0.2, 0.25) is 11.8 Å². The molecule has 0 heterocycles. The molecule has 0 aromatic heterocycles. The molecule has 5 nitrogen and oxygen atoms in total. The highest BCUT2D eigenvalue weighted by Gasteiger charge is 2.23. The minimum atomic E-state index is -0.629. The zero-order valence-corrected chi connectivity index (χ0v) is 10.8. The zero-order chi connectivity index (χ0) is 13.7. The molecule has 5 heteroatoms. The van der Waals surface area contributed by atoms with Crippen molar-refractivity contribution in [2.75, 3.05) is 6.54 Å². The summed E-state index contributed by atoms with van der Waals surface area (Å²) < 4.78 is 0. The fraction of sp³-hybridized carbons (Fsp3) is 0.429. The fourth-order valence-corrected chi connectivity index (χ4v) is 1.77. The van der Waals surface area contributed by atoms with Gasteiger partial charge in [0.25, 0.3) is 0 Å². The van der Waals surface area contributed by atoms with E-state index in [-0.39, 0.29) is 18.4 Å². The van der Waals surface area contributed by atoms with Crippen molar-refractivity contribution >= 4 is 11.8 Å². The highest BCUT2D eigenvalue weighted by atomic mass is 16.2. The molecule has 0 spiro atoms. The molecule has 102 valence electrons. The van der Waals surface area contributed by atoms with Crippen LogP contribution in [0, 0.1) is 0 Å². The van der Waals surface area contributed by atoms with Gasteiger partial charge >= 0.3 is 0 Å². The van der Waals surface area contributed by atoms with Crippen LogP contribution in [0.1, 0.15) is 18.4 Å². The average molecular weight is 261 g/mol. The Bertz CT molecular complexity index is 443. The molecule has 1 aliphatic carbocycles. The molecule has 1 fully saturated rings. The molecular weight excluding hydrogens is 242 g/mol. The van der Waals surface area contributed by atoms with Crippen LogP contribution in [-0.2, 0) is 16.0 Å². The number of nitrogens with one attached hydrogen (secondary N) is 2. The Labute approximate surface area is 112 Å². The monoisotopic (exact) mass is 261 g/mol. The summed E-state index contributed by atoms with van der Waals surface area (Å²) in [5.74, 6) is -0.447. The van der Waals surface area contributed by atoms with E-state index in [9.17, 15) is 9.59 Å². The summed E-state index contributed by atoms with van der Waals surface area (Å²) in [6.07, 6.45) is 2.54. The average Bonchev–Trinajstić information content (AvgIpc) is 3.21. The molecule has 0 bridgehead atoms. The predicted molar refractivity (Wildman–Crippen MR) is 72.3 cm³/mol. The summed E-state index contributed by atoms with van der Waals surface area (Å²) >= 11 is 0. The lowest BCUT2D eigenvalue weighted by Crippen LogP contribution is -2.46. The molecule has 1 atom stereocenters. The fourth-order valence-electron chi connectivity index (χ4n) is 1.77. The zero-order valence-electron chi connectivity index (χ0n) is 10.8. The Hall–Kier alpha value is -1.88. The minimum Gasteiger partial charge on any atom is -0.352 e. The van der Waals surface area contributed by atoms with E-state index in [1.54, 1.807) is 0 Å². The number of benzene rings is 1. The summed E-state index contributed by atoms with van der Waals surface area (Å²) in [5, 5.41) is 5.36. The largest absolute Gasteiger partial charge is 0.352 e. The topological polar surface area (TPSA) is 84.2 Å². The van der Waals surface area contributed by atoms with Crippen molar-refractivity contribution in [1.82, 2.24) is 10.6 Å². The Morgan fingerprint density at radius 2 is 1.95 bits per heavy atom. The van der Waals surface area contributed by atoms with Gasteiger partial charge < -0.3 is 16.4 Å². The van der Waals surface area contributed by atoms with Gasteiger partial charge in [0.15, 0.2) is 0 Å². The van der Waals surface area contributed by atoms with E-state index in [0.717, 1.165) is 18.4 Å². The van der Waals surface area contributed by atoms with Gasteiger partial charge in [0.1, 0.15) is 0 Å². The molecule has 19 heavy (non-hydrogen) atoms. The first-order valence-corrected chi connectivity index (χ1v) is 6.52. The molecule has 2 amide bonds. The lowest BCUT2D eigenvalue weighted by atomic mass is 10.1. The molecule has 1 saturated carbocycles. The maximum absolute atomic E-state index is 11.7. The summed E-state index contributed by atoms with van der Waals surface area (Å²) in [5.41, 5.74) is 6.81. The molecule has 2 rings (SSSR count). The second-order valence-corrected chi connectivity index (χ2v) is 4.86. The van der Waals surface area contributed by atoms with Crippen LogP contribution in [0.15, 0.2) is 30.3 Å². The molecule has 0 unspecified atom stereocenters. The van der Waals surface area contributed by atoms with Crippen molar-refractivity contribution in [1.29, 1.82) is 0 Å². The predicted octanol–water partition coefficient (Wildman–Crippen LogP) is -0.0488. The molecule has 0 aliphatic heterocycles. The van der Waals surface area contributed by atoms with E-state index >= 15 is 0 Å². The first-order chi connectivity index (χ1) is 9.15. The van der Waals surface area contributed by atoms with E-state index in [2.05, 4.69) is 10.6 Å². The van der Waals surface area contributed by atoms with Crippen molar-refractivity contribution < 1.29 is 9.59 Å². The molecule has 1 aromatic carbocycles. The highest BCUT2D eigenvalue weighted by Crippen LogP contribution is 2.18. The first-order valence-electron chi connectivity index (χ1n) is 6.52. The second kappa shape index (κ2) is 6.33. The Morgan fingerprint density at radius 1 is 1.26 bits per heavy atom. The van der Waals surface area contributed by atoms with Crippen LogP contribution in [-0.4, -0.2) is 30.4 Å². The first kappa shape index (κ1) is 13.5. The van der Waals surface area contributed by atoms with Crippen molar-refractivity contribution in [3.63, 3.8) is 0 Å². The van der Waals surface area contributed by atoms with Crippen molar-refractivity contribution in [2.24, 2.45) is 5.73 Å². The van der Waals surface area contributed by atoms with Crippen molar-refractivity contribution in [2.45, 2.75) is 31.3 Å². The second-order valence-electron chi connectivity index (χ2n) is 4.86. The number of nitrogens with two attached hydrogens (primary N) is 1. The summed E-state index contributed by atoms with van der Waals surface area (Å²) in [6, 6.07) is 9.25. The highest BCUT2D eigenvalue weighted by molar-refractivity contribution is 5.87. The molecular formula is C14H19N3O2. The van der Waals surface area contributed by atoms with Crippen LogP contribution >= 0.6 is 0 Å². The summed E-state index contributed by atoms with van der Waals surface area (Å²) in [4.78, 5) is 23.1. The standard InChI is InChI=1S/C14H19N3O2/c15-12(8-10-4-2-1-3-5-10)14(19)16-9-13(18)17-11-6-7-11/h1-5,11-12H,6-9,15H2,(H,16,19)(H,17,18)/t12-/m0/s1. The smallest absolute Gasteiger partial charge is 0.239 e. The van der Waals surface area contributed by atoms with E-state index in [0.29, 0.717) is 12.5 Å². The number of carbonyl (C=O) groups is 2. The molecule has 0 saturated heterocycles. The van der Waals surface area contributed by atoms with Crippen LogP contribution in [0.5, 0.6) is 0 Å². The molecule has 0 radical (unpaired) electrons. The van der Waals surface area contributed by atoms with Gasteiger partial charge in [-0.25, -0.2) is 0 Å². The molecule has 1 aliphatic rings. The number of carbonyl (C=O) groups excluding carboxylic acids is 2. The van der Waals surface area contributed by atoms with Crippen molar-refractivity contribution in [3.05, 3.63) is 35.9 Å². The van der Waals surface area contributed by atoms with E-state index < -0.39 is 6.04 Å². The van der Waals surface area contributed by atoms with Crippen molar-refractivity contribution in [3.8, 4) is 0 Å². The lowest BCUT2D eigenvalue weighted by Gasteiger charge is -2.12. The van der Waals surface area contributed by atoms with Gasteiger partial charge in [-0.15, -0.1) is 0 Å². The van der Waals surface area contributed by atoms with Gasteiger partial charge in [0, 0.05) is 6.04 Å². The van der Waals surface area contributed by atoms with Gasteiger partial charge in [-0.1, -0.05) is 30.3 Å². The van der Waals surface area contributed by atoms with Crippen LogP contribution < -0.4 is 16.4 Å². The van der Waals surface area contributed by atoms with Crippen LogP contribution in [0.3, 0.4) is 0 Å². The number of hydrogen-bond donors (Lipinski definition) is 3. The molecule has 1 aromatic rings. The third-order valence-electron chi connectivity index (χ3n) is 3.00.